The Balaban J connectivity index is 2.21. The molecule has 128 valence electrons. The number of benzene rings is 1. The summed E-state index contributed by atoms with van der Waals surface area (Å²) in [4.78, 5) is 10.5. The van der Waals surface area contributed by atoms with Crippen molar-refractivity contribution in [2.24, 2.45) is 5.92 Å². The van der Waals surface area contributed by atoms with Crippen LogP contribution in [-0.2, 0) is 9.84 Å². The molecule has 1 saturated carbocycles. The molecule has 0 amide bonds. The maximum Gasteiger partial charge on any atom is 0.293 e. The van der Waals surface area contributed by atoms with Crippen molar-refractivity contribution in [2.75, 3.05) is 18.1 Å². The Kier molecular flexibility index (Phi) is 4.95. The molecule has 0 saturated heterocycles. The summed E-state index contributed by atoms with van der Waals surface area (Å²) in [6.07, 6.45) is 4.31. The Morgan fingerprint density at radius 2 is 2.17 bits per heavy atom. The molecule has 0 heterocycles. The first-order chi connectivity index (χ1) is 10.6. The van der Waals surface area contributed by atoms with Crippen molar-refractivity contribution in [3.63, 3.8) is 0 Å². The largest absolute Gasteiger partial charge is 0.388 e. The van der Waals surface area contributed by atoms with E-state index < -0.39 is 20.4 Å². The predicted octanol–water partition coefficient (Wildman–Crippen LogP) is 2.35. The van der Waals surface area contributed by atoms with Crippen LogP contribution in [0.5, 0.6) is 0 Å². The Morgan fingerprint density at radius 1 is 1.48 bits per heavy atom. The fourth-order valence-electron chi connectivity index (χ4n) is 3.10. The summed E-state index contributed by atoms with van der Waals surface area (Å²) in [6, 6.07) is 3.76. The summed E-state index contributed by atoms with van der Waals surface area (Å²) in [5, 5.41) is 24.7. The number of nitro groups is 1. The van der Waals surface area contributed by atoms with Gasteiger partial charge in [0.2, 0.25) is 0 Å². The summed E-state index contributed by atoms with van der Waals surface area (Å²) in [7, 11) is -3.51. The molecule has 1 aromatic rings. The van der Waals surface area contributed by atoms with Crippen molar-refractivity contribution in [2.45, 2.75) is 43.1 Å². The lowest BCUT2D eigenvalue weighted by atomic mass is 9.79. The van der Waals surface area contributed by atoms with Crippen LogP contribution >= 0.6 is 0 Å². The molecular formula is C15H22N2O5S. The first-order valence-electron chi connectivity index (χ1n) is 7.55. The van der Waals surface area contributed by atoms with Crippen LogP contribution in [0.4, 0.5) is 11.4 Å². The van der Waals surface area contributed by atoms with Crippen molar-refractivity contribution in [3.8, 4) is 0 Å². The van der Waals surface area contributed by atoms with E-state index in [1.165, 1.54) is 12.1 Å². The zero-order valence-electron chi connectivity index (χ0n) is 13.3. The first kappa shape index (κ1) is 17.7. The summed E-state index contributed by atoms with van der Waals surface area (Å²) < 4.78 is 23.1. The molecule has 0 aromatic heterocycles. The fourth-order valence-corrected chi connectivity index (χ4v) is 3.74. The van der Waals surface area contributed by atoms with E-state index in [-0.39, 0.29) is 22.8 Å². The molecule has 8 heteroatoms. The quantitative estimate of drug-likeness (QED) is 0.628. The van der Waals surface area contributed by atoms with Crippen molar-refractivity contribution in [3.05, 3.63) is 28.3 Å². The summed E-state index contributed by atoms with van der Waals surface area (Å²) in [6.45, 7) is 2.28. The molecule has 0 aliphatic heterocycles. The summed E-state index contributed by atoms with van der Waals surface area (Å²) in [5.74, 6) is 0.415. The number of hydrogen-bond acceptors (Lipinski definition) is 6. The Morgan fingerprint density at radius 3 is 2.74 bits per heavy atom. The van der Waals surface area contributed by atoms with Gasteiger partial charge in [0.1, 0.15) is 5.69 Å². The minimum absolute atomic E-state index is 0.0975. The normalized spacial score (nSPS) is 25.1. The van der Waals surface area contributed by atoms with Gasteiger partial charge in [0.25, 0.3) is 5.69 Å². The van der Waals surface area contributed by atoms with Crippen LogP contribution in [0.15, 0.2) is 23.1 Å². The highest BCUT2D eigenvalue weighted by atomic mass is 32.2. The number of hydrogen-bond donors (Lipinski definition) is 2. The molecular weight excluding hydrogens is 320 g/mol. The van der Waals surface area contributed by atoms with Crippen LogP contribution in [-0.4, -0.2) is 36.8 Å². The second kappa shape index (κ2) is 6.45. The average Bonchev–Trinajstić information content (AvgIpc) is 2.43. The van der Waals surface area contributed by atoms with Crippen LogP contribution in [0.25, 0.3) is 0 Å². The number of nitro benzene ring substituents is 1. The van der Waals surface area contributed by atoms with E-state index in [0.717, 1.165) is 25.2 Å². The minimum atomic E-state index is -3.51. The van der Waals surface area contributed by atoms with Crippen LogP contribution in [0, 0.1) is 16.0 Å². The Hall–Kier alpha value is -1.67. The van der Waals surface area contributed by atoms with Gasteiger partial charge in [0.05, 0.1) is 15.4 Å². The standard InChI is InChI=1S/C15H22N2O5S/c1-11-4-3-7-15(18,9-11)10-16-13-6-5-12(23(2,21)22)8-14(13)17(19)20/h5-6,8,11,16,18H,3-4,7,9-10H2,1-2H3/t11-,15+/m0/s1. The van der Waals surface area contributed by atoms with E-state index >= 15 is 0 Å². The second-order valence-electron chi connectivity index (χ2n) is 6.49. The van der Waals surface area contributed by atoms with Crippen LogP contribution in [0.3, 0.4) is 0 Å². The van der Waals surface area contributed by atoms with E-state index in [2.05, 4.69) is 12.2 Å². The number of nitrogens with zero attached hydrogens (tertiary/aromatic N) is 1. The molecule has 1 aliphatic carbocycles. The van der Waals surface area contributed by atoms with Gasteiger partial charge in [-0.25, -0.2) is 8.42 Å². The number of aliphatic hydroxyl groups is 1. The highest BCUT2D eigenvalue weighted by Crippen LogP contribution is 2.34. The molecule has 0 radical (unpaired) electrons. The van der Waals surface area contributed by atoms with Gasteiger partial charge in [0.15, 0.2) is 9.84 Å². The minimum Gasteiger partial charge on any atom is -0.388 e. The predicted molar refractivity (Wildman–Crippen MR) is 87.3 cm³/mol. The van der Waals surface area contributed by atoms with Crippen molar-refractivity contribution < 1.29 is 18.4 Å². The average molecular weight is 342 g/mol. The highest BCUT2D eigenvalue weighted by Gasteiger charge is 2.33. The van der Waals surface area contributed by atoms with E-state index in [9.17, 15) is 23.6 Å². The van der Waals surface area contributed by atoms with E-state index in [0.29, 0.717) is 18.8 Å². The SMILES string of the molecule is C[C@H]1CCC[C@](O)(CNc2ccc(S(C)(=O)=O)cc2[N+](=O)[O-])C1. The van der Waals surface area contributed by atoms with E-state index in [1.54, 1.807) is 0 Å². The van der Waals surface area contributed by atoms with Gasteiger partial charge >= 0.3 is 0 Å². The van der Waals surface area contributed by atoms with Crippen molar-refractivity contribution in [1.82, 2.24) is 0 Å². The third-order valence-electron chi connectivity index (χ3n) is 4.27. The summed E-state index contributed by atoms with van der Waals surface area (Å²) in [5.41, 5.74) is -0.976. The van der Waals surface area contributed by atoms with Gasteiger partial charge in [0, 0.05) is 18.9 Å². The third kappa shape index (κ3) is 4.42. The number of rotatable bonds is 5. The molecule has 0 unspecified atom stereocenters. The highest BCUT2D eigenvalue weighted by molar-refractivity contribution is 7.90. The molecule has 0 bridgehead atoms. The van der Waals surface area contributed by atoms with Crippen LogP contribution in [0.1, 0.15) is 32.6 Å². The third-order valence-corrected chi connectivity index (χ3v) is 5.38. The zero-order valence-corrected chi connectivity index (χ0v) is 14.1. The smallest absolute Gasteiger partial charge is 0.293 e. The van der Waals surface area contributed by atoms with Gasteiger partial charge in [-0.2, -0.15) is 0 Å². The number of sulfone groups is 1. The lowest BCUT2D eigenvalue weighted by molar-refractivity contribution is -0.384. The van der Waals surface area contributed by atoms with Crippen molar-refractivity contribution >= 4 is 21.2 Å². The Bertz CT molecular complexity index is 704. The molecule has 1 aromatic carbocycles. The molecule has 23 heavy (non-hydrogen) atoms. The number of nitrogens with one attached hydrogen (secondary N) is 1. The van der Waals surface area contributed by atoms with E-state index in [4.69, 9.17) is 0 Å². The lowest BCUT2D eigenvalue weighted by Gasteiger charge is -2.35. The molecule has 1 fully saturated rings. The molecule has 2 rings (SSSR count). The monoisotopic (exact) mass is 342 g/mol. The molecule has 2 atom stereocenters. The zero-order chi connectivity index (χ0) is 17.3. The maximum absolute atomic E-state index is 11.5. The Labute approximate surface area is 135 Å². The fraction of sp³-hybridized carbons (Fsp3) is 0.600. The topological polar surface area (TPSA) is 110 Å². The van der Waals surface area contributed by atoms with E-state index in [1.807, 2.05) is 0 Å². The van der Waals surface area contributed by atoms with Gasteiger partial charge < -0.3 is 10.4 Å². The number of anilines is 1. The van der Waals surface area contributed by atoms with Gasteiger partial charge in [-0.3, -0.25) is 10.1 Å². The molecule has 2 N–H and O–H groups in total. The van der Waals surface area contributed by atoms with Gasteiger partial charge in [-0.1, -0.05) is 19.8 Å². The second-order valence-corrected chi connectivity index (χ2v) is 8.50. The first-order valence-corrected chi connectivity index (χ1v) is 9.45. The van der Waals surface area contributed by atoms with Crippen LogP contribution in [0.2, 0.25) is 0 Å². The van der Waals surface area contributed by atoms with Gasteiger partial charge in [-0.05, 0) is 30.9 Å². The molecule has 0 spiro atoms. The van der Waals surface area contributed by atoms with Crippen molar-refractivity contribution in [1.29, 1.82) is 0 Å². The maximum atomic E-state index is 11.5. The molecule has 1 aliphatic rings. The van der Waals surface area contributed by atoms with Gasteiger partial charge in [-0.15, -0.1) is 0 Å². The van der Waals surface area contributed by atoms with Crippen LogP contribution < -0.4 is 5.32 Å². The summed E-state index contributed by atoms with van der Waals surface area (Å²) >= 11 is 0. The molecule has 7 nitrogen and oxygen atoms in total. The lowest BCUT2D eigenvalue weighted by Crippen LogP contribution is -2.41.